The predicted octanol–water partition coefficient (Wildman–Crippen LogP) is 3.07. The average Bonchev–Trinajstić information content (AvgIpc) is 3.28. The van der Waals surface area contributed by atoms with E-state index in [4.69, 9.17) is 4.98 Å². The summed E-state index contributed by atoms with van der Waals surface area (Å²) in [6, 6.07) is 11.9. The molecule has 0 unspecified atom stereocenters. The number of aryl methyl sites for hydroxylation is 2. The van der Waals surface area contributed by atoms with Gasteiger partial charge < -0.3 is 9.67 Å². The first kappa shape index (κ1) is 27.9. The molecule has 0 aliphatic carbocycles. The van der Waals surface area contributed by atoms with E-state index in [9.17, 15) is 14.7 Å². The number of imidazole rings is 1. The van der Waals surface area contributed by atoms with Crippen LogP contribution in [0.2, 0.25) is 0 Å². The van der Waals surface area contributed by atoms with E-state index in [0.29, 0.717) is 63.2 Å². The van der Waals surface area contributed by atoms with Crippen LogP contribution >= 0.6 is 15.9 Å². The summed E-state index contributed by atoms with van der Waals surface area (Å²) in [6.07, 6.45) is 5.30. The Balaban J connectivity index is 1.85. The smallest absolute Gasteiger partial charge is 0.332 e. The highest BCUT2D eigenvalue weighted by molar-refractivity contribution is 9.10. The monoisotopic (exact) mass is 582 g/mol. The Hall–Kier alpha value is -3.08. The molecule has 9 nitrogen and oxygen atoms in total. The van der Waals surface area contributed by atoms with E-state index in [1.807, 2.05) is 54.8 Å². The summed E-state index contributed by atoms with van der Waals surface area (Å²) in [6.45, 7) is 7.36. The third-order valence-corrected chi connectivity index (χ3v) is 7.32. The largest absolute Gasteiger partial charge is 0.395 e. The molecule has 0 bridgehead atoms. The molecular weight excluding hydrogens is 548 g/mol. The Labute approximate surface area is 230 Å². The Morgan fingerprint density at radius 2 is 1.63 bits per heavy atom. The van der Waals surface area contributed by atoms with Gasteiger partial charge >= 0.3 is 5.69 Å². The second-order valence-corrected chi connectivity index (χ2v) is 10.2. The van der Waals surface area contributed by atoms with Gasteiger partial charge in [0.25, 0.3) is 5.56 Å². The molecule has 0 radical (unpaired) electrons. The number of aromatic nitrogens is 5. The van der Waals surface area contributed by atoms with Crippen molar-refractivity contribution in [1.29, 1.82) is 0 Å². The Morgan fingerprint density at radius 3 is 2.29 bits per heavy atom. The molecule has 10 heteroatoms. The molecule has 0 aliphatic heterocycles. The first-order chi connectivity index (χ1) is 18.5. The minimum absolute atomic E-state index is 0.0707. The van der Waals surface area contributed by atoms with E-state index in [-0.39, 0.29) is 17.9 Å². The van der Waals surface area contributed by atoms with E-state index < -0.39 is 0 Å². The minimum Gasteiger partial charge on any atom is -0.395 e. The second kappa shape index (κ2) is 13.1. The van der Waals surface area contributed by atoms with Crippen LogP contribution in [-0.4, -0.2) is 59.9 Å². The number of aliphatic hydroxyl groups is 1. The normalized spacial score (nSPS) is 11.6. The van der Waals surface area contributed by atoms with Crippen molar-refractivity contribution in [3.05, 3.63) is 91.1 Å². The van der Waals surface area contributed by atoms with Gasteiger partial charge in [0.15, 0.2) is 11.2 Å². The SMILES string of the molecule is CCCn1c(=O)c2c(nc(Cc3ccncc3)n2CCN(CC)CCO)n(CCc2ccc(Br)cc2)c1=O. The zero-order valence-electron chi connectivity index (χ0n) is 22.0. The van der Waals surface area contributed by atoms with E-state index >= 15 is 0 Å². The molecule has 0 saturated carbocycles. The lowest BCUT2D eigenvalue weighted by atomic mass is 10.1. The second-order valence-electron chi connectivity index (χ2n) is 9.31. The first-order valence-corrected chi connectivity index (χ1v) is 13.9. The quantitative estimate of drug-likeness (QED) is 0.260. The molecule has 0 fully saturated rings. The van der Waals surface area contributed by atoms with Crippen molar-refractivity contribution in [3.8, 4) is 0 Å². The number of hydrogen-bond acceptors (Lipinski definition) is 6. The lowest BCUT2D eigenvalue weighted by Crippen LogP contribution is -2.41. The summed E-state index contributed by atoms with van der Waals surface area (Å²) < 4.78 is 5.98. The van der Waals surface area contributed by atoms with Crippen LogP contribution in [0.1, 0.15) is 37.2 Å². The third-order valence-electron chi connectivity index (χ3n) is 6.79. The first-order valence-electron chi connectivity index (χ1n) is 13.2. The topological polar surface area (TPSA) is 98.2 Å². The molecule has 0 atom stereocenters. The maximum atomic E-state index is 13.7. The maximum absolute atomic E-state index is 13.7. The fraction of sp³-hybridized carbons (Fsp3) is 0.429. The fourth-order valence-corrected chi connectivity index (χ4v) is 4.98. The van der Waals surface area contributed by atoms with Gasteiger partial charge in [-0.3, -0.25) is 23.8 Å². The number of rotatable bonds is 13. The van der Waals surface area contributed by atoms with Crippen molar-refractivity contribution in [2.45, 2.75) is 52.7 Å². The summed E-state index contributed by atoms with van der Waals surface area (Å²) in [5, 5.41) is 9.46. The molecule has 4 rings (SSSR count). The number of nitrogens with zero attached hydrogens (tertiary/aromatic N) is 6. The van der Waals surface area contributed by atoms with Gasteiger partial charge in [0.1, 0.15) is 5.82 Å². The summed E-state index contributed by atoms with van der Waals surface area (Å²) in [7, 11) is 0. The van der Waals surface area contributed by atoms with Crippen LogP contribution in [0.25, 0.3) is 11.2 Å². The Morgan fingerprint density at radius 1 is 0.895 bits per heavy atom. The predicted molar refractivity (Wildman–Crippen MR) is 153 cm³/mol. The number of hydrogen-bond donors (Lipinski definition) is 1. The highest BCUT2D eigenvalue weighted by Gasteiger charge is 2.22. The maximum Gasteiger partial charge on any atom is 0.332 e. The van der Waals surface area contributed by atoms with Gasteiger partial charge in [-0.1, -0.05) is 41.9 Å². The van der Waals surface area contributed by atoms with Crippen LogP contribution in [0.4, 0.5) is 0 Å². The molecule has 0 amide bonds. The Kier molecular flexibility index (Phi) is 9.65. The van der Waals surface area contributed by atoms with Gasteiger partial charge in [-0.15, -0.1) is 0 Å². The standard InChI is InChI=1S/C28H35BrN6O3/c1-3-14-35-27(37)25-26(34(28(35)38)15-11-21-5-7-23(29)8-6-21)31-24(20-22-9-12-30-13-10-22)33(25)17-16-32(4-2)18-19-36/h5-10,12-13,36H,3-4,11,14-20H2,1-2H3. The lowest BCUT2D eigenvalue weighted by molar-refractivity contribution is 0.197. The molecule has 3 heterocycles. The highest BCUT2D eigenvalue weighted by atomic mass is 79.9. The van der Waals surface area contributed by atoms with Crippen molar-refractivity contribution < 1.29 is 5.11 Å². The van der Waals surface area contributed by atoms with Gasteiger partial charge in [-0.05, 0) is 54.8 Å². The molecule has 1 aromatic carbocycles. The van der Waals surface area contributed by atoms with Gasteiger partial charge in [0.2, 0.25) is 0 Å². The van der Waals surface area contributed by atoms with Gasteiger partial charge in [-0.2, -0.15) is 0 Å². The van der Waals surface area contributed by atoms with Gasteiger partial charge in [-0.25, -0.2) is 9.78 Å². The summed E-state index contributed by atoms with van der Waals surface area (Å²) in [5.41, 5.74) is 2.39. The molecule has 0 spiro atoms. The Bertz CT molecular complexity index is 1460. The summed E-state index contributed by atoms with van der Waals surface area (Å²) in [5.74, 6) is 0.731. The fourth-order valence-electron chi connectivity index (χ4n) is 4.72. The van der Waals surface area contributed by atoms with Crippen molar-refractivity contribution in [2.24, 2.45) is 0 Å². The molecule has 4 aromatic rings. The molecule has 202 valence electrons. The van der Waals surface area contributed by atoms with Crippen LogP contribution in [0.15, 0.2) is 62.9 Å². The van der Waals surface area contributed by atoms with Crippen molar-refractivity contribution in [1.82, 2.24) is 28.6 Å². The zero-order chi connectivity index (χ0) is 27.1. The van der Waals surface area contributed by atoms with E-state index in [2.05, 4.69) is 25.8 Å². The van der Waals surface area contributed by atoms with E-state index in [1.54, 1.807) is 17.0 Å². The van der Waals surface area contributed by atoms with Crippen molar-refractivity contribution in [2.75, 3.05) is 26.2 Å². The highest BCUT2D eigenvalue weighted by Crippen LogP contribution is 2.17. The summed E-state index contributed by atoms with van der Waals surface area (Å²) in [4.78, 5) is 38.5. The van der Waals surface area contributed by atoms with E-state index in [1.165, 1.54) is 4.57 Å². The summed E-state index contributed by atoms with van der Waals surface area (Å²) >= 11 is 3.47. The number of pyridine rings is 1. The molecule has 0 saturated heterocycles. The van der Waals surface area contributed by atoms with Crippen LogP contribution in [0.3, 0.4) is 0 Å². The van der Waals surface area contributed by atoms with Crippen LogP contribution < -0.4 is 11.2 Å². The lowest BCUT2D eigenvalue weighted by Gasteiger charge is -2.20. The molecule has 0 aliphatic rings. The van der Waals surface area contributed by atoms with E-state index in [0.717, 1.165) is 28.0 Å². The van der Waals surface area contributed by atoms with Gasteiger partial charge in [0.05, 0.1) is 6.61 Å². The molecule has 3 aromatic heterocycles. The van der Waals surface area contributed by atoms with Crippen LogP contribution in [0, 0.1) is 0 Å². The zero-order valence-corrected chi connectivity index (χ0v) is 23.6. The minimum atomic E-state index is -0.322. The van der Waals surface area contributed by atoms with Crippen molar-refractivity contribution in [3.63, 3.8) is 0 Å². The van der Waals surface area contributed by atoms with Crippen molar-refractivity contribution >= 4 is 27.1 Å². The number of likely N-dealkylation sites (N-methyl/N-ethyl adjacent to an activating group) is 1. The average molecular weight is 584 g/mol. The number of halogens is 1. The molecule has 38 heavy (non-hydrogen) atoms. The third kappa shape index (κ3) is 6.31. The van der Waals surface area contributed by atoms with Crippen LogP contribution in [0.5, 0.6) is 0 Å². The molecular formula is C28H35BrN6O3. The number of fused-ring (bicyclic) bond motifs is 1. The number of benzene rings is 1. The number of aliphatic hydroxyl groups excluding tert-OH is 1. The van der Waals surface area contributed by atoms with Crippen LogP contribution in [-0.2, 0) is 32.5 Å². The van der Waals surface area contributed by atoms with Gasteiger partial charge in [0, 0.05) is 56.0 Å². The molecule has 1 N–H and O–H groups in total.